The molecule has 0 bridgehead atoms. The summed E-state index contributed by atoms with van der Waals surface area (Å²) in [4.78, 5) is 0. The van der Waals surface area contributed by atoms with Gasteiger partial charge in [-0.05, 0) is 6.42 Å². The molecule has 0 aliphatic carbocycles. The molecule has 0 heterocycles. The zero-order valence-electron chi connectivity index (χ0n) is 9.51. The fourth-order valence-corrected chi connectivity index (χ4v) is 2.94. The molecule has 0 saturated carbocycles. The summed E-state index contributed by atoms with van der Waals surface area (Å²) >= 11 is 0. The van der Waals surface area contributed by atoms with Crippen LogP contribution in [-0.2, 0) is 20.2 Å². The summed E-state index contributed by atoms with van der Waals surface area (Å²) in [6.07, 6.45) is 0.166. The molecule has 0 radical (unpaired) electrons. The number of sulfonamides is 1. The molecule has 98 valence electrons. The SMILES string of the molecule is CCN(CC)S(=O)(=O)NCCCS(N)(=O)=O. The van der Waals surface area contributed by atoms with Crippen molar-refractivity contribution in [3.05, 3.63) is 0 Å². The second-order valence-corrected chi connectivity index (χ2v) is 6.69. The predicted octanol–water partition coefficient (Wildman–Crippen LogP) is -1.16. The Balaban J connectivity index is 4.11. The largest absolute Gasteiger partial charge is 0.279 e. The van der Waals surface area contributed by atoms with Crippen molar-refractivity contribution in [2.24, 2.45) is 5.14 Å². The Hall–Kier alpha value is -0.220. The van der Waals surface area contributed by atoms with Crippen LogP contribution in [0.1, 0.15) is 20.3 Å². The first-order valence-electron chi connectivity index (χ1n) is 4.98. The monoisotopic (exact) mass is 273 g/mol. The lowest BCUT2D eigenvalue weighted by molar-refractivity contribution is 0.435. The quantitative estimate of drug-likeness (QED) is 0.544. The Morgan fingerprint density at radius 3 is 2.00 bits per heavy atom. The van der Waals surface area contributed by atoms with Crippen LogP contribution in [0.2, 0.25) is 0 Å². The van der Waals surface area contributed by atoms with E-state index in [1.165, 1.54) is 4.31 Å². The fourth-order valence-electron chi connectivity index (χ4n) is 1.13. The van der Waals surface area contributed by atoms with E-state index in [0.29, 0.717) is 13.1 Å². The van der Waals surface area contributed by atoms with Crippen molar-refractivity contribution in [1.29, 1.82) is 0 Å². The number of hydrogen-bond donors (Lipinski definition) is 2. The highest BCUT2D eigenvalue weighted by molar-refractivity contribution is 7.89. The van der Waals surface area contributed by atoms with E-state index >= 15 is 0 Å². The Morgan fingerprint density at radius 1 is 1.12 bits per heavy atom. The number of nitrogens with two attached hydrogens (primary N) is 1. The van der Waals surface area contributed by atoms with E-state index < -0.39 is 20.2 Å². The minimum atomic E-state index is -3.52. The molecule has 9 heteroatoms. The third-order valence-corrected chi connectivity index (χ3v) is 4.56. The number of rotatable bonds is 8. The maximum Gasteiger partial charge on any atom is 0.279 e. The van der Waals surface area contributed by atoms with Crippen molar-refractivity contribution in [3.8, 4) is 0 Å². The first kappa shape index (κ1) is 15.8. The smallest absolute Gasteiger partial charge is 0.229 e. The predicted molar refractivity (Wildman–Crippen MR) is 62.4 cm³/mol. The number of hydrogen-bond acceptors (Lipinski definition) is 4. The van der Waals surface area contributed by atoms with E-state index in [1.807, 2.05) is 0 Å². The van der Waals surface area contributed by atoms with Gasteiger partial charge in [0.25, 0.3) is 10.2 Å². The maximum atomic E-state index is 11.6. The molecule has 0 atom stereocenters. The molecule has 0 aliphatic rings. The third kappa shape index (κ3) is 6.38. The summed E-state index contributed by atoms with van der Waals surface area (Å²) in [5, 5.41) is 4.78. The molecule has 0 fully saturated rings. The van der Waals surface area contributed by atoms with Gasteiger partial charge in [0.1, 0.15) is 0 Å². The maximum absolute atomic E-state index is 11.6. The molecule has 3 N–H and O–H groups in total. The number of nitrogens with zero attached hydrogens (tertiary/aromatic N) is 1. The Kier molecular flexibility index (Phi) is 6.41. The second-order valence-electron chi connectivity index (χ2n) is 3.20. The first-order chi connectivity index (χ1) is 7.23. The third-order valence-electron chi connectivity index (χ3n) is 1.94. The topological polar surface area (TPSA) is 110 Å². The lowest BCUT2D eigenvalue weighted by atomic mass is 10.5. The van der Waals surface area contributed by atoms with Gasteiger partial charge in [-0.25, -0.2) is 18.3 Å². The molecule has 0 spiro atoms. The van der Waals surface area contributed by atoms with Gasteiger partial charge in [0.15, 0.2) is 0 Å². The van der Waals surface area contributed by atoms with Gasteiger partial charge in [-0.3, -0.25) is 0 Å². The minimum absolute atomic E-state index is 0.0647. The van der Waals surface area contributed by atoms with Gasteiger partial charge in [0.2, 0.25) is 10.0 Å². The molecule has 0 saturated heterocycles. The number of nitrogens with one attached hydrogen (secondary N) is 1. The van der Waals surface area contributed by atoms with Crippen LogP contribution in [0.4, 0.5) is 0 Å². The van der Waals surface area contributed by atoms with Crippen LogP contribution < -0.4 is 9.86 Å². The highest BCUT2D eigenvalue weighted by Gasteiger charge is 2.17. The molecule has 0 unspecified atom stereocenters. The Morgan fingerprint density at radius 2 is 1.62 bits per heavy atom. The van der Waals surface area contributed by atoms with Gasteiger partial charge in [-0.1, -0.05) is 13.8 Å². The van der Waals surface area contributed by atoms with Crippen molar-refractivity contribution < 1.29 is 16.8 Å². The van der Waals surface area contributed by atoms with Crippen LogP contribution >= 0.6 is 0 Å². The van der Waals surface area contributed by atoms with Gasteiger partial charge in [0, 0.05) is 19.6 Å². The van der Waals surface area contributed by atoms with Crippen molar-refractivity contribution in [2.45, 2.75) is 20.3 Å². The van der Waals surface area contributed by atoms with E-state index in [4.69, 9.17) is 5.14 Å². The van der Waals surface area contributed by atoms with E-state index in [0.717, 1.165) is 0 Å². The van der Waals surface area contributed by atoms with Gasteiger partial charge in [-0.2, -0.15) is 12.7 Å². The highest BCUT2D eigenvalue weighted by Crippen LogP contribution is 1.96. The van der Waals surface area contributed by atoms with E-state index in [-0.39, 0.29) is 18.7 Å². The number of primary sulfonamides is 1. The van der Waals surface area contributed by atoms with Crippen LogP contribution in [0, 0.1) is 0 Å². The lowest BCUT2D eigenvalue weighted by Crippen LogP contribution is -2.41. The standard InChI is InChI=1S/C7H19N3O4S2/c1-3-10(4-2)16(13,14)9-6-5-7-15(8,11)12/h9H,3-7H2,1-2H3,(H2,8,11,12). The fraction of sp³-hybridized carbons (Fsp3) is 1.00. The van der Waals surface area contributed by atoms with Crippen LogP contribution in [0.5, 0.6) is 0 Å². The highest BCUT2D eigenvalue weighted by atomic mass is 32.2. The zero-order valence-corrected chi connectivity index (χ0v) is 11.1. The van der Waals surface area contributed by atoms with Crippen LogP contribution in [0.15, 0.2) is 0 Å². The summed E-state index contributed by atoms with van der Waals surface area (Å²) in [6.45, 7) is 4.28. The molecule has 0 aromatic heterocycles. The summed E-state index contributed by atoms with van der Waals surface area (Å²) in [5.41, 5.74) is 0. The Bertz CT molecular complexity index is 386. The molecular weight excluding hydrogens is 254 g/mol. The molecule has 7 nitrogen and oxygen atoms in total. The lowest BCUT2D eigenvalue weighted by Gasteiger charge is -2.18. The molecular formula is C7H19N3O4S2. The van der Waals surface area contributed by atoms with E-state index in [1.54, 1.807) is 13.8 Å². The van der Waals surface area contributed by atoms with E-state index in [2.05, 4.69) is 4.72 Å². The molecule has 0 amide bonds. The normalized spacial score (nSPS) is 13.2. The van der Waals surface area contributed by atoms with Crippen LogP contribution in [0.25, 0.3) is 0 Å². The van der Waals surface area contributed by atoms with Crippen molar-refractivity contribution in [3.63, 3.8) is 0 Å². The summed E-state index contributed by atoms with van der Waals surface area (Å²) in [6, 6.07) is 0. The van der Waals surface area contributed by atoms with Gasteiger partial charge >= 0.3 is 0 Å². The summed E-state index contributed by atoms with van der Waals surface area (Å²) in [5.74, 6) is -0.228. The van der Waals surface area contributed by atoms with Crippen molar-refractivity contribution >= 4 is 20.2 Å². The zero-order chi connectivity index (χ0) is 12.8. The van der Waals surface area contributed by atoms with Crippen molar-refractivity contribution in [2.75, 3.05) is 25.4 Å². The average molecular weight is 273 g/mol. The molecule has 0 aliphatic heterocycles. The Labute approximate surface area is 97.2 Å². The van der Waals surface area contributed by atoms with Gasteiger partial charge < -0.3 is 0 Å². The second kappa shape index (κ2) is 6.50. The van der Waals surface area contributed by atoms with E-state index in [9.17, 15) is 16.8 Å². The van der Waals surface area contributed by atoms with Gasteiger partial charge in [0.05, 0.1) is 5.75 Å². The molecule has 0 aromatic rings. The van der Waals surface area contributed by atoms with Crippen molar-refractivity contribution in [1.82, 2.24) is 9.03 Å². The molecule has 0 rings (SSSR count). The average Bonchev–Trinajstić information content (AvgIpc) is 2.12. The molecule has 16 heavy (non-hydrogen) atoms. The molecule has 0 aromatic carbocycles. The summed E-state index contributed by atoms with van der Waals surface area (Å²) < 4.78 is 47.9. The van der Waals surface area contributed by atoms with Crippen LogP contribution in [0.3, 0.4) is 0 Å². The first-order valence-corrected chi connectivity index (χ1v) is 8.13. The van der Waals surface area contributed by atoms with Gasteiger partial charge in [-0.15, -0.1) is 0 Å². The van der Waals surface area contributed by atoms with Crippen LogP contribution in [-0.4, -0.2) is 46.5 Å². The minimum Gasteiger partial charge on any atom is -0.229 e. The summed E-state index contributed by atoms with van der Waals surface area (Å²) in [7, 11) is -7.01.